The summed E-state index contributed by atoms with van der Waals surface area (Å²) in [6, 6.07) is 11.0. The molecule has 1 fully saturated rings. The maximum absolute atomic E-state index is 5.98. The van der Waals surface area contributed by atoms with Crippen molar-refractivity contribution in [1.29, 1.82) is 0 Å². The van der Waals surface area contributed by atoms with Gasteiger partial charge in [-0.05, 0) is 25.0 Å². The van der Waals surface area contributed by atoms with Gasteiger partial charge in [0.2, 0.25) is 0 Å². The van der Waals surface area contributed by atoms with Crippen molar-refractivity contribution in [2.24, 2.45) is 10.7 Å². The molecule has 0 aromatic heterocycles. The van der Waals surface area contributed by atoms with E-state index in [1.165, 1.54) is 37.0 Å². The first-order chi connectivity index (χ1) is 9.74. The van der Waals surface area contributed by atoms with Gasteiger partial charge in [0, 0.05) is 16.2 Å². The van der Waals surface area contributed by atoms with Crippen LogP contribution in [0.4, 0.5) is 0 Å². The van der Waals surface area contributed by atoms with Gasteiger partial charge in [-0.3, -0.25) is 4.99 Å². The average Bonchev–Trinajstić information content (AvgIpc) is 2.47. The third-order valence-corrected chi connectivity index (χ3v) is 4.65. The summed E-state index contributed by atoms with van der Waals surface area (Å²) in [4.78, 5) is 5.76. The van der Waals surface area contributed by atoms with Crippen molar-refractivity contribution in [1.82, 2.24) is 5.32 Å². The Balaban J connectivity index is 1.73. The van der Waals surface area contributed by atoms with E-state index in [2.05, 4.69) is 41.5 Å². The number of nitrogens with one attached hydrogen (secondary N) is 1. The summed E-state index contributed by atoms with van der Waals surface area (Å²) in [6.45, 7) is 2.94. The molecule has 0 amide bonds. The quantitative estimate of drug-likeness (QED) is 0.496. The minimum absolute atomic E-state index is 0.434. The maximum Gasteiger partial charge on any atom is 0.188 e. The molecule has 1 unspecified atom stereocenters. The van der Waals surface area contributed by atoms with E-state index in [0.717, 1.165) is 6.54 Å². The largest absolute Gasteiger partial charge is 0.370 e. The highest BCUT2D eigenvalue weighted by Crippen LogP contribution is 2.22. The molecular formula is C16H25N3S. The normalized spacial score (nSPS) is 18.8. The number of thioether (sulfide) groups is 1. The van der Waals surface area contributed by atoms with Crippen LogP contribution in [0.25, 0.3) is 0 Å². The molecule has 0 saturated heterocycles. The molecule has 0 spiro atoms. The van der Waals surface area contributed by atoms with Gasteiger partial charge in [-0.1, -0.05) is 44.4 Å². The Morgan fingerprint density at radius 2 is 2.00 bits per heavy atom. The molecule has 0 aliphatic heterocycles. The van der Waals surface area contributed by atoms with E-state index in [1.54, 1.807) is 0 Å². The zero-order chi connectivity index (χ0) is 14.2. The van der Waals surface area contributed by atoms with Gasteiger partial charge >= 0.3 is 0 Å². The highest BCUT2D eigenvalue weighted by Gasteiger charge is 2.13. The molecule has 1 saturated carbocycles. The standard InChI is InChI=1S/C16H25N3S/c1-13(20-15-10-6-3-7-11-15)12-18-16(17)19-14-8-4-2-5-9-14/h3,6-7,10-11,13-14H,2,4-5,8-9,12H2,1H3,(H3,17,18,19). The second kappa shape index (κ2) is 8.20. The smallest absolute Gasteiger partial charge is 0.188 e. The van der Waals surface area contributed by atoms with Crippen LogP contribution in [0, 0.1) is 0 Å². The summed E-state index contributed by atoms with van der Waals surface area (Å²) in [5.41, 5.74) is 5.98. The van der Waals surface area contributed by atoms with Crippen LogP contribution >= 0.6 is 11.8 Å². The number of benzene rings is 1. The summed E-state index contributed by atoms with van der Waals surface area (Å²) in [5.74, 6) is 0.609. The number of guanidine groups is 1. The van der Waals surface area contributed by atoms with Crippen molar-refractivity contribution in [3.8, 4) is 0 Å². The molecule has 1 aromatic carbocycles. The third kappa shape index (κ3) is 5.45. The summed E-state index contributed by atoms with van der Waals surface area (Å²) in [7, 11) is 0. The average molecular weight is 291 g/mol. The fourth-order valence-electron chi connectivity index (χ4n) is 2.50. The number of nitrogens with zero attached hydrogens (tertiary/aromatic N) is 1. The first kappa shape index (κ1) is 15.2. The molecule has 1 aliphatic carbocycles. The summed E-state index contributed by atoms with van der Waals surface area (Å²) in [5, 5.41) is 3.79. The van der Waals surface area contributed by atoms with Gasteiger partial charge in [-0.15, -0.1) is 11.8 Å². The maximum atomic E-state index is 5.98. The number of rotatable bonds is 5. The van der Waals surface area contributed by atoms with E-state index < -0.39 is 0 Å². The Labute approximate surface area is 126 Å². The molecule has 3 N–H and O–H groups in total. The second-order valence-electron chi connectivity index (χ2n) is 5.45. The van der Waals surface area contributed by atoms with Crippen LogP contribution in [0.2, 0.25) is 0 Å². The highest BCUT2D eigenvalue weighted by atomic mass is 32.2. The number of hydrogen-bond acceptors (Lipinski definition) is 2. The van der Waals surface area contributed by atoms with Crippen LogP contribution < -0.4 is 11.1 Å². The van der Waals surface area contributed by atoms with Crippen molar-refractivity contribution < 1.29 is 0 Å². The third-order valence-electron chi connectivity index (χ3n) is 3.56. The van der Waals surface area contributed by atoms with Gasteiger partial charge in [-0.2, -0.15) is 0 Å². The number of aliphatic imine (C=N–C) groups is 1. The second-order valence-corrected chi connectivity index (χ2v) is 6.96. The first-order valence-electron chi connectivity index (χ1n) is 7.52. The molecule has 4 heteroatoms. The minimum atomic E-state index is 0.434. The Kier molecular flexibility index (Phi) is 6.25. The predicted octanol–water partition coefficient (Wildman–Crippen LogP) is 3.40. The van der Waals surface area contributed by atoms with E-state index >= 15 is 0 Å². The number of hydrogen-bond donors (Lipinski definition) is 2. The van der Waals surface area contributed by atoms with E-state index in [1.807, 2.05) is 17.8 Å². The lowest BCUT2D eigenvalue weighted by Crippen LogP contribution is -2.41. The molecule has 110 valence electrons. The lowest BCUT2D eigenvalue weighted by molar-refractivity contribution is 0.412. The van der Waals surface area contributed by atoms with Crippen LogP contribution in [-0.4, -0.2) is 23.8 Å². The highest BCUT2D eigenvalue weighted by molar-refractivity contribution is 8.00. The Hall–Kier alpha value is -1.16. The zero-order valence-electron chi connectivity index (χ0n) is 12.2. The van der Waals surface area contributed by atoms with Crippen LogP contribution in [-0.2, 0) is 0 Å². The van der Waals surface area contributed by atoms with Gasteiger partial charge in [-0.25, -0.2) is 0 Å². The zero-order valence-corrected chi connectivity index (χ0v) is 13.0. The number of nitrogens with two attached hydrogens (primary N) is 1. The van der Waals surface area contributed by atoms with Gasteiger partial charge in [0.25, 0.3) is 0 Å². The Morgan fingerprint density at radius 3 is 2.70 bits per heavy atom. The minimum Gasteiger partial charge on any atom is -0.370 e. The van der Waals surface area contributed by atoms with E-state index in [4.69, 9.17) is 5.73 Å². The Morgan fingerprint density at radius 1 is 1.30 bits per heavy atom. The Bertz CT molecular complexity index is 413. The molecule has 2 rings (SSSR count). The molecular weight excluding hydrogens is 266 g/mol. The van der Waals surface area contributed by atoms with Gasteiger partial charge in [0.1, 0.15) is 0 Å². The van der Waals surface area contributed by atoms with Gasteiger partial charge in [0.15, 0.2) is 5.96 Å². The van der Waals surface area contributed by atoms with Crippen LogP contribution in [0.3, 0.4) is 0 Å². The SMILES string of the molecule is CC(CN=C(N)NC1CCCCC1)Sc1ccccc1. The van der Waals surface area contributed by atoms with Crippen molar-refractivity contribution in [2.45, 2.75) is 55.2 Å². The van der Waals surface area contributed by atoms with Crippen LogP contribution in [0.15, 0.2) is 40.2 Å². The van der Waals surface area contributed by atoms with Crippen molar-refractivity contribution in [3.05, 3.63) is 30.3 Å². The predicted molar refractivity (Wildman–Crippen MR) is 88.3 cm³/mol. The van der Waals surface area contributed by atoms with E-state index in [9.17, 15) is 0 Å². The molecule has 20 heavy (non-hydrogen) atoms. The molecule has 0 heterocycles. The van der Waals surface area contributed by atoms with Gasteiger partial charge in [0.05, 0.1) is 6.54 Å². The summed E-state index contributed by atoms with van der Waals surface area (Å²) >= 11 is 1.84. The summed E-state index contributed by atoms with van der Waals surface area (Å²) in [6.07, 6.45) is 6.44. The van der Waals surface area contributed by atoms with Crippen molar-refractivity contribution in [3.63, 3.8) is 0 Å². The summed E-state index contributed by atoms with van der Waals surface area (Å²) < 4.78 is 0. The molecule has 0 bridgehead atoms. The molecule has 1 aliphatic rings. The van der Waals surface area contributed by atoms with Crippen LogP contribution in [0.5, 0.6) is 0 Å². The van der Waals surface area contributed by atoms with Gasteiger partial charge < -0.3 is 11.1 Å². The lowest BCUT2D eigenvalue weighted by Gasteiger charge is -2.23. The monoisotopic (exact) mass is 291 g/mol. The molecule has 0 radical (unpaired) electrons. The first-order valence-corrected chi connectivity index (χ1v) is 8.40. The van der Waals surface area contributed by atoms with Crippen LogP contribution in [0.1, 0.15) is 39.0 Å². The van der Waals surface area contributed by atoms with E-state index in [-0.39, 0.29) is 0 Å². The lowest BCUT2D eigenvalue weighted by atomic mass is 9.96. The fraction of sp³-hybridized carbons (Fsp3) is 0.562. The fourth-order valence-corrected chi connectivity index (χ4v) is 3.43. The topological polar surface area (TPSA) is 50.4 Å². The molecule has 3 nitrogen and oxygen atoms in total. The molecule has 1 atom stereocenters. The van der Waals surface area contributed by atoms with Crippen molar-refractivity contribution in [2.75, 3.05) is 6.54 Å². The van der Waals surface area contributed by atoms with Crippen molar-refractivity contribution >= 4 is 17.7 Å². The van der Waals surface area contributed by atoms with E-state index in [0.29, 0.717) is 17.3 Å². The molecule has 1 aromatic rings.